The maximum Gasteiger partial charge on any atom is 0.264 e. The highest BCUT2D eigenvalue weighted by Crippen LogP contribution is 2.32. The quantitative estimate of drug-likeness (QED) is 0.467. The number of amides is 2. The molecule has 2 amide bonds. The molecular weight excluding hydrogens is 542 g/mol. The molecule has 1 fully saturated rings. The van der Waals surface area contributed by atoms with Crippen LogP contribution in [0.5, 0.6) is 5.88 Å². The van der Waals surface area contributed by atoms with Crippen molar-refractivity contribution < 1.29 is 22.7 Å². The standard InChI is InChI=1S/C30H35N5O5S/c1-18-8-6-9-19(2)26(18)23-16-25-33-29(32-23)34-41(38,39)22-11-7-10-21(15-22)31-27(36)20-14-24(40-25)28(37)35(17-20)13-12-30(3,4)5/h6-11,15-16,20,24H,12-14,17H2,1-5H3,(H,31,36)(H,32,33,34)/t20-,24+/m1/s1. The van der Waals surface area contributed by atoms with Gasteiger partial charge in [-0.3, -0.25) is 9.59 Å². The number of nitrogens with one attached hydrogen (secondary N) is 2. The number of aromatic nitrogens is 2. The van der Waals surface area contributed by atoms with E-state index in [1.54, 1.807) is 23.1 Å². The summed E-state index contributed by atoms with van der Waals surface area (Å²) >= 11 is 0. The van der Waals surface area contributed by atoms with E-state index in [0.717, 1.165) is 23.1 Å². The van der Waals surface area contributed by atoms with Crippen LogP contribution in [0, 0.1) is 25.2 Å². The summed E-state index contributed by atoms with van der Waals surface area (Å²) in [6, 6.07) is 13.4. The summed E-state index contributed by atoms with van der Waals surface area (Å²) in [6.07, 6.45) is -0.0862. The zero-order valence-corrected chi connectivity index (χ0v) is 24.7. The first-order valence-electron chi connectivity index (χ1n) is 13.6. The van der Waals surface area contributed by atoms with E-state index < -0.39 is 22.0 Å². The molecule has 5 rings (SSSR count). The van der Waals surface area contributed by atoms with Crippen molar-refractivity contribution >= 4 is 33.5 Å². The fourth-order valence-corrected chi connectivity index (χ4v) is 6.13. The van der Waals surface area contributed by atoms with Gasteiger partial charge in [0.25, 0.3) is 15.9 Å². The Morgan fingerprint density at radius 1 is 1.02 bits per heavy atom. The molecule has 3 heterocycles. The number of ether oxygens (including phenoxy) is 1. The summed E-state index contributed by atoms with van der Waals surface area (Å²) in [6.45, 7) is 10.9. The smallest absolute Gasteiger partial charge is 0.264 e. The van der Waals surface area contributed by atoms with Gasteiger partial charge in [0.2, 0.25) is 17.7 Å². The molecule has 1 saturated heterocycles. The number of carbonyl (C=O) groups excluding carboxylic acids is 2. The minimum absolute atomic E-state index is 0.0116. The van der Waals surface area contributed by atoms with Crippen molar-refractivity contribution in [3.8, 4) is 17.1 Å². The number of rotatable bonds is 3. The second kappa shape index (κ2) is 10.8. The zero-order chi connectivity index (χ0) is 29.5. The van der Waals surface area contributed by atoms with Gasteiger partial charge in [-0.15, -0.1) is 0 Å². The normalized spacial score (nSPS) is 20.4. The molecule has 41 heavy (non-hydrogen) atoms. The minimum Gasteiger partial charge on any atom is -0.464 e. The summed E-state index contributed by atoms with van der Waals surface area (Å²) < 4.78 is 35.3. The third-order valence-corrected chi connectivity index (χ3v) is 8.70. The van der Waals surface area contributed by atoms with E-state index in [9.17, 15) is 18.0 Å². The van der Waals surface area contributed by atoms with Crippen LogP contribution in [-0.4, -0.2) is 54.3 Å². The average molecular weight is 578 g/mol. The molecule has 10 nitrogen and oxygen atoms in total. The number of benzene rings is 2. The fraction of sp³-hybridized carbons (Fsp3) is 0.400. The minimum atomic E-state index is -4.12. The molecule has 2 aliphatic rings. The number of fused-ring (bicyclic) bond motifs is 6. The molecule has 0 aliphatic carbocycles. The molecule has 2 aromatic carbocycles. The number of carbonyl (C=O) groups is 2. The summed E-state index contributed by atoms with van der Waals surface area (Å²) in [4.78, 5) is 37.5. The first-order valence-corrected chi connectivity index (χ1v) is 15.1. The fourth-order valence-electron chi connectivity index (χ4n) is 5.14. The molecule has 216 valence electrons. The highest BCUT2D eigenvalue weighted by atomic mass is 32.2. The van der Waals surface area contributed by atoms with E-state index in [1.807, 2.05) is 32.0 Å². The van der Waals surface area contributed by atoms with Gasteiger partial charge >= 0.3 is 0 Å². The Hall–Kier alpha value is -3.99. The van der Waals surface area contributed by atoms with Crippen molar-refractivity contribution in [2.45, 2.75) is 58.5 Å². The Balaban J connectivity index is 1.63. The van der Waals surface area contributed by atoms with Gasteiger partial charge in [-0.05, 0) is 55.0 Å². The highest BCUT2D eigenvalue weighted by molar-refractivity contribution is 7.92. The van der Waals surface area contributed by atoms with Gasteiger partial charge in [0.15, 0.2) is 6.10 Å². The van der Waals surface area contributed by atoms with Crippen LogP contribution >= 0.6 is 0 Å². The van der Waals surface area contributed by atoms with Gasteiger partial charge in [-0.1, -0.05) is 45.0 Å². The molecule has 11 heteroatoms. The molecular formula is C30H35N5O5S. The molecule has 0 radical (unpaired) electrons. The zero-order valence-electron chi connectivity index (χ0n) is 23.9. The van der Waals surface area contributed by atoms with Gasteiger partial charge in [-0.25, -0.2) is 18.1 Å². The van der Waals surface area contributed by atoms with E-state index in [-0.39, 0.29) is 46.9 Å². The Morgan fingerprint density at radius 3 is 2.44 bits per heavy atom. The third kappa shape index (κ3) is 6.35. The average Bonchev–Trinajstić information content (AvgIpc) is 2.88. The summed E-state index contributed by atoms with van der Waals surface area (Å²) in [5.74, 6) is -1.27. The van der Waals surface area contributed by atoms with Crippen LogP contribution in [0.2, 0.25) is 0 Å². The monoisotopic (exact) mass is 577 g/mol. The van der Waals surface area contributed by atoms with Crippen LogP contribution in [0.15, 0.2) is 53.4 Å². The Morgan fingerprint density at radius 2 is 1.73 bits per heavy atom. The molecule has 0 unspecified atom stereocenters. The van der Waals surface area contributed by atoms with Crippen LogP contribution in [0.25, 0.3) is 11.3 Å². The second-order valence-electron chi connectivity index (χ2n) is 11.9. The molecule has 2 atom stereocenters. The summed E-state index contributed by atoms with van der Waals surface area (Å²) in [5.41, 5.74) is 3.45. The van der Waals surface area contributed by atoms with Crippen molar-refractivity contribution in [3.05, 3.63) is 59.7 Å². The van der Waals surface area contributed by atoms with Crippen molar-refractivity contribution in [2.24, 2.45) is 11.3 Å². The van der Waals surface area contributed by atoms with Crippen LogP contribution in [-0.2, 0) is 19.6 Å². The largest absolute Gasteiger partial charge is 0.464 e. The van der Waals surface area contributed by atoms with E-state index in [4.69, 9.17) is 4.74 Å². The van der Waals surface area contributed by atoms with Crippen molar-refractivity contribution in [3.63, 3.8) is 0 Å². The van der Waals surface area contributed by atoms with Gasteiger partial charge in [-0.2, -0.15) is 4.98 Å². The van der Waals surface area contributed by atoms with Crippen molar-refractivity contribution in [1.29, 1.82) is 0 Å². The Labute approximate surface area is 240 Å². The molecule has 2 aliphatic heterocycles. The van der Waals surface area contributed by atoms with Gasteiger partial charge in [0.05, 0.1) is 16.5 Å². The summed E-state index contributed by atoms with van der Waals surface area (Å²) in [5, 5.41) is 2.83. The van der Waals surface area contributed by atoms with Crippen LogP contribution in [0.3, 0.4) is 0 Å². The lowest BCUT2D eigenvalue weighted by Crippen LogP contribution is -2.53. The Kier molecular flexibility index (Phi) is 7.50. The molecule has 1 aromatic heterocycles. The molecule has 3 aromatic rings. The maximum absolute atomic E-state index is 13.6. The topological polar surface area (TPSA) is 131 Å². The lowest BCUT2D eigenvalue weighted by molar-refractivity contribution is -0.146. The molecule has 2 N–H and O–H groups in total. The van der Waals surface area contributed by atoms with Crippen LogP contribution in [0.4, 0.5) is 11.6 Å². The number of sulfonamides is 1. The van der Waals surface area contributed by atoms with Crippen molar-refractivity contribution in [2.75, 3.05) is 23.1 Å². The first kappa shape index (κ1) is 28.5. The highest BCUT2D eigenvalue weighted by Gasteiger charge is 2.40. The maximum atomic E-state index is 13.6. The number of hydrogen-bond donors (Lipinski definition) is 2. The number of aryl methyl sites for hydroxylation is 2. The van der Waals surface area contributed by atoms with Crippen LogP contribution < -0.4 is 14.8 Å². The van der Waals surface area contributed by atoms with Gasteiger partial charge < -0.3 is 15.0 Å². The van der Waals surface area contributed by atoms with Crippen LogP contribution in [0.1, 0.15) is 44.7 Å². The first-order chi connectivity index (χ1) is 19.3. The lowest BCUT2D eigenvalue weighted by Gasteiger charge is -2.37. The number of piperidine rings is 1. The number of likely N-dealkylation sites (tertiary alicyclic amines) is 1. The van der Waals surface area contributed by atoms with E-state index in [0.29, 0.717) is 17.9 Å². The van der Waals surface area contributed by atoms with Gasteiger partial charge in [0, 0.05) is 36.8 Å². The Bertz CT molecular complexity index is 1600. The number of nitrogens with zero attached hydrogens (tertiary/aromatic N) is 3. The predicted molar refractivity (Wildman–Crippen MR) is 156 cm³/mol. The number of anilines is 2. The lowest BCUT2D eigenvalue weighted by atomic mass is 9.90. The van der Waals surface area contributed by atoms with Crippen molar-refractivity contribution in [1.82, 2.24) is 14.9 Å². The number of hydrogen-bond acceptors (Lipinski definition) is 7. The predicted octanol–water partition coefficient (Wildman–Crippen LogP) is 4.55. The molecule has 0 spiro atoms. The van der Waals surface area contributed by atoms with E-state index in [1.165, 1.54) is 12.1 Å². The van der Waals surface area contributed by atoms with Gasteiger partial charge in [0.1, 0.15) is 0 Å². The van der Waals surface area contributed by atoms with E-state index in [2.05, 4.69) is 40.8 Å². The SMILES string of the molecule is Cc1cccc(C)c1-c1cc2nc(n1)NS(=O)(=O)c1cccc(c1)NC(=O)[C@@H]1C[C@H](O2)C(=O)N(CCC(C)(C)C)C1. The molecule has 6 bridgehead atoms. The third-order valence-electron chi connectivity index (χ3n) is 7.37. The second-order valence-corrected chi connectivity index (χ2v) is 13.6. The van der Waals surface area contributed by atoms with E-state index >= 15 is 0 Å². The molecule has 0 saturated carbocycles. The summed E-state index contributed by atoms with van der Waals surface area (Å²) in [7, 11) is -4.12.